The number of oxazole rings is 1. The lowest BCUT2D eigenvalue weighted by Gasteiger charge is -2.03. The number of anilines is 1. The number of carbonyl (C=O) groups is 1. The maximum atomic E-state index is 12.4. The first-order valence-corrected chi connectivity index (χ1v) is 10.6. The third-order valence-corrected chi connectivity index (χ3v) is 5.43. The van der Waals surface area contributed by atoms with Gasteiger partial charge < -0.3 is 14.2 Å². The van der Waals surface area contributed by atoms with Gasteiger partial charge in [0.25, 0.3) is 0 Å². The van der Waals surface area contributed by atoms with Crippen molar-refractivity contribution in [1.82, 2.24) is 9.97 Å². The molecule has 0 saturated carbocycles. The Kier molecular flexibility index (Phi) is 5.50. The highest BCUT2D eigenvalue weighted by molar-refractivity contribution is 6.31. The normalized spacial score (nSPS) is 11.3. The number of nitrogens with zero attached hydrogens (tertiary/aromatic N) is 2. The van der Waals surface area contributed by atoms with Crippen LogP contribution < -0.4 is 5.32 Å². The first-order chi connectivity index (χ1) is 16.0. The van der Waals surface area contributed by atoms with Crippen LogP contribution in [-0.2, 0) is 4.79 Å². The molecule has 0 spiro atoms. The second-order valence-corrected chi connectivity index (χ2v) is 7.82. The second kappa shape index (κ2) is 8.76. The van der Waals surface area contributed by atoms with E-state index in [0.717, 1.165) is 16.7 Å². The van der Waals surface area contributed by atoms with Gasteiger partial charge in [-0.1, -0.05) is 29.8 Å². The molecule has 7 heteroatoms. The molecule has 0 radical (unpaired) electrons. The number of pyridine rings is 1. The van der Waals surface area contributed by atoms with E-state index >= 15 is 0 Å². The Hall–Kier alpha value is -4.16. The zero-order valence-electron chi connectivity index (χ0n) is 17.6. The van der Waals surface area contributed by atoms with Crippen molar-refractivity contribution < 1.29 is 13.6 Å². The van der Waals surface area contributed by atoms with Crippen LogP contribution in [0.3, 0.4) is 0 Å². The molecule has 0 saturated heterocycles. The summed E-state index contributed by atoms with van der Waals surface area (Å²) in [4.78, 5) is 21.0. The number of aromatic nitrogens is 2. The Labute approximate surface area is 194 Å². The van der Waals surface area contributed by atoms with E-state index in [2.05, 4.69) is 15.3 Å². The summed E-state index contributed by atoms with van der Waals surface area (Å²) in [7, 11) is 0. The molecule has 0 aliphatic carbocycles. The van der Waals surface area contributed by atoms with Crippen molar-refractivity contribution in [3.05, 3.63) is 95.3 Å². The maximum absolute atomic E-state index is 12.4. The number of hydrogen-bond donors (Lipinski definition) is 1. The lowest BCUT2D eigenvalue weighted by molar-refractivity contribution is -0.111. The minimum absolute atomic E-state index is 0.289. The Bertz CT molecular complexity index is 1470. The van der Waals surface area contributed by atoms with E-state index < -0.39 is 0 Å². The van der Waals surface area contributed by atoms with E-state index in [4.69, 9.17) is 20.4 Å². The largest absolute Gasteiger partial charge is 0.457 e. The average Bonchev–Trinajstić information content (AvgIpc) is 3.47. The zero-order chi connectivity index (χ0) is 22.8. The number of benzene rings is 2. The number of hydrogen-bond acceptors (Lipinski definition) is 5. The van der Waals surface area contributed by atoms with E-state index in [1.54, 1.807) is 36.5 Å². The van der Waals surface area contributed by atoms with Crippen LogP contribution in [0.5, 0.6) is 0 Å². The standard InChI is InChI=1S/C26H18ClN3O3/c1-16-7-8-17(15-21(16)27)22-11-9-20(32-22)10-12-24(31)29-19-5-2-4-18(14-19)26-30-25-23(33-26)6-3-13-28-25/h2-15H,1H3,(H,29,31). The van der Waals surface area contributed by atoms with Crippen LogP contribution in [0.25, 0.3) is 40.1 Å². The molecule has 33 heavy (non-hydrogen) atoms. The van der Waals surface area contributed by atoms with Crippen LogP contribution in [-0.4, -0.2) is 15.9 Å². The third-order valence-electron chi connectivity index (χ3n) is 5.02. The van der Waals surface area contributed by atoms with Crippen molar-refractivity contribution in [3.8, 4) is 22.8 Å². The molecular weight excluding hydrogens is 438 g/mol. The molecule has 3 heterocycles. The summed E-state index contributed by atoms with van der Waals surface area (Å²) in [6.45, 7) is 1.95. The quantitative estimate of drug-likeness (QED) is 0.296. The Morgan fingerprint density at radius 2 is 1.91 bits per heavy atom. The van der Waals surface area contributed by atoms with Gasteiger partial charge in [0.15, 0.2) is 11.2 Å². The fourth-order valence-electron chi connectivity index (χ4n) is 3.31. The van der Waals surface area contributed by atoms with Gasteiger partial charge in [0, 0.05) is 34.1 Å². The topological polar surface area (TPSA) is 81.2 Å². The molecule has 6 nitrogen and oxygen atoms in total. The molecule has 162 valence electrons. The summed E-state index contributed by atoms with van der Waals surface area (Å²) in [5.41, 5.74) is 4.38. The van der Waals surface area contributed by atoms with Gasteiger partial charge in [-0.15, -0.1) is 0 Å². The maximum Gasteiger partial charge on any atom is 0.248 e. The van der Waals surface area contributed by atoms with Gasteiger partial charge in [0.1, 0.15) is 11.5 Å². The molecule has 5 rings (SSSR count). The van der Waals surface area contributed by atoms with Gasteiger partial charge in [0.2, 0.25) is 11.8 Å². The second-order valence-electron chi connectivity index (χ2n) is 7.41. The molecule has 3 aromatic heterocycles. The van der Waals surface area contributed by atoms with Crippen molar-refractivity contribution in [2.45, 2.75) is 6.92 Å². The van der Waals surface area contributed by atoms with E-state index in [0.29, 0.717) is 39.4 Å². The molecule has 1 amide bonds. The third kappa shape index (κ3) is 4.56. The number of halogens is 1. The summed E-state index contributed by atoms with van der Waals surface area (Å²) < 4.78 is 11.6. The van der Waals surface area contributed by atoms with Crippen LogP contribution in [0.1, 0.15) is 11.3 Å². The van der Waals surface area contributed by atoms with Crippen LogP contribution in [0, 0.1) is 6.92 Å². The first kappa shape index (κ1) is 20.7. The SMILES string of the molecule is Cc1ccc(-c2ccc(C=CC(=O)Nc3cccc(-c4nc5ncccc5o4)c3)o2)cc1Cl. The number of aryl methyl sites for hydroxylation is 1. The van der Waals surface area contributed by atoms with Crippen molar-refractivity contribution in [2.75, 3.05) is 5.32 Å². The van der Waals surface area contributed by atoms with Crippen molar-refractivity contribution in [3.63, 3.8) is 0 Å². The van der Waals surface area contributed by atoms with E-state index in [9.17, 15) is 4.79 Å². The summed E-state index contributed by atoms with van der Waals surface area (Å²) in [6, 6.07) is 20.3. The number of rotatable bonds is 5. The average molecular weight is 456 g/mol. The smallest absolute Gasteiger partial charge is 0.248 e. The molecule has 5 aromatic rings. The molecule has 1 N–H and O–H groups in total. The molecular formula is C26H18ClN3O3. The van der Waals surface area contributed by atoms with Crippen molar-refractivity contribution in [1.29, 1.82) is 0 Å². The Morgan fingerprint density at radius 1 is 1.00 bits per heavy atom. The minimum Gasteiger partial charge on any atom is -0.457 e. The molecule has 0 atom stereocenters. The first-order valence-electron chi connectivity index (χ1n) is 10.2. The van der Waals surface area contributed by atoms with Crippen LogP contribution in [0.4, 0.5) is 5.69 Å². The molecule has 2 aromatic carbocycles. The number of carbonyl (C=O) groups excluding carboxylic acids is 1. The molecule has 0 fully saturated rings. The number of fused-ring (bicyclic) bond motifs is 1. The molecule has 0 aliphatic rings. The lowest BCUT2D eigenvalue weighted by atomic mass is 10.1. The van der Waals surface area contributed by atoms with E-state index in [-0.39, 0.29) is 5.91 Å². The zero-order valence-corrected chi connectivity index (χ0v) is 18.3. The number of nitrogens with one attached hydrogen (secondary N) is 1. The predicted molar refractivity (Wildman–Crippen MR) is 129 cm³/mol. The van der Waals surface area contributed by atoms with E-state index in [1.807, 2.05) is 49.4 Å². The highest BCUT2D eigenvalue weighted by Crippen LogP contribution is 2.28. The van der Waals surface area contributed by atoms with Gasteiger partial charge in [-0.05, 0) is 67.1 Å². The van der Waals surface area contributed by atoms with Gasteiger partial charge in [0.05, 0.1) is 0 Å². The number of amides is 1. The Morgan fingerprint density at radius 3 is 2.76 bits per heavy atom. The summed E-state index contributed by atoms with van der Waals surface area (Å²) in [5.74, 6) is 1.39. The monoisotopic (exact) mass is 455 g/mol. The summed E-state index contributed by atoms with van der Waals surface area (Å²) >= 11 is 6.20. The van der Waals surface area contributed by atoms with Gasteiger partial charge in [-0.3, -0.25) is 4.79 Å². The number of furan rings is 1. The van der Waals surface area contributed by atoms with Crippen LogP contribution in [0.15, 0.2) is 87.8 Å². The highest BCUT2D eigenvalue weighted by atomic mass is 35.5. The fraction of sp³-hybridized carbons (Fsp3) is 0.0385. The van der Waals surface area contributed by atoms with Gasteiger partial charge >= 0.3 is 0 Å². The predicted octanol–water partition coefficient (Wildman–Crippen LogP) is 6.76. The minimum atomic E-state index is -0.289. The van der Waals surface area contributed by atoms with Crippen molar-refractivity contribution >= 4 is 40.5 Å². The molecule has 0 unspecified atom stereocenters. The summed E-state index contributed by atoms with van der Waals surface area (Å²) in [5, 5.41) is 3.52. The van der Waals surface area contributed by atoms with Gasteiger partial charge in [-0.25, -0.2) is 4.98 Å². The van der Waals surface area contributed by atoms with Gasteiger partial charge in [-0.2, -0.15) is 4.98 Å². The molecule has 0 aliphatic heterocycles. The van der Waals surface area contributed by atoms with Crippen LogP contribution >= 0.6 is 11.6 Å². The summed E-state index contributed by atoms with van der Waals surface area (Å²) in [6.07, 6.45) is 4.70. The fourth-order valence-corrected chi connectivity index (χ4v) is 3.49. The van der Waals surface area contributed by atoms with Crippen molar-refractivity contribution in [2.24, 2.45) is 0 Å². The lowest BCUT2D eigenvalue weighted by Crippen LogP contribution is -2.07. The van der Waals surface area contributed by atoms with Crippen LogP contribution in [0.2, 0.25) is 5.02 Å². The van der Waals surface area contributed by atoms with E-state index in [1.165, 1.54) is 6.08 Å². The Balaban J connectivity index is 1.28. The molecule has 0 bridgehead atoms. The highest BCUT2D eigenvalue weighted by Gasteiger charge is 2.10.